The SMILES string of the molecule is CNC[C@H]1OCCc2cc(F)ccc21. The third-order valence-electron chi connectivity index (χ3n) is 2.53. The first-order valence-corrected chi connectivity index (χ1v) is 4.86. The Hall–Kier alpha value is -0.930. The Labute approximate surface area is 83.1 Å². The van der Waals surface area contributed by atoms with Crippen molar-refractivity contribution >= 4 is 0 Å². The van der Waals surface area contributed by atoms with Crippen LogP contribution < -0.4 is 5.32 Å². The largest absolute Gasteiger partial charge is 0.372 e. The Bertz CT molecular complexity index is 327. The molecule has 0 radical (unpaired) electrons. The van der Waals surface area contributed by atoms with Crippen molar-refractivity contribution in [1.82, 2.24) is 5.32 Å². The second-order valence-electron chi connectivity index (χ2n) is 3.51. The lowest BCUT2D eigenvalue weighted by atomic mass is 9.97. The highest BCUT2D eigenvalue weighted by molar-refractivity contribution is 5.31. The van der Waals surface area contributed by atoms with E-state index in [1.165, 1.54) is 6.07 Å². The number of hydrogen-bond acceptors (Lipinski definition) is 2. The van der Waals surface area contributed by atoms with Gasteiger partial charge < -0.3 is 10.1 Å². The van der Waals surface area contributed by atoms with Gasteiger partial charge in [0.15, 0.2) is 0 Å². The maximum absolute atomic E-state index is 13.0. The van der Waals surface area contributed by atoms with E-state index in [9.17, 15) is 4.39 Å². The van der Waals surface area contributed by atoms with Crippen LogP contribution in [0, 0.1) is 5.82 Å². The fourth-order valence-electron chi connectivity index (χ4n) is 1.86. The molecule has 1 atom stereocenters. The summed E-state index contributed by atoms with van der Waals surface area (Å²) in [7, 11) is 1.89. The van der Waals surface area contributed by atoms with Gasteiger partial charge in [0, 0.05) is 6.54 Å². The molecule has 1 aliphatic heterocycles. The lowest BCUT2D eigenvalue weighted by Gasteiger charge is -2.25. The van der Waals surface area contributed by atoms with Gasteiger partial charge in [-0.25, -0.2) is 4.39 Å². The smallest absolute Gasteiger partial charge is 0.123 e. The quantitative estimate of drug-likeness (QED) is 0.775. The van der Waals surface area contributed by atoms with E-state index < -0.39 is 0 Å². The van der Waals surface area contributed by atoms with Crippen LogP contribution >= 0.6 is 0 Å². The van der Waals surface area contributed by atoms with Gasteiger partial charge in [-0.1, -0.05) is 6.07 Å². The van der Waals surface area contributed by atoms with Gasteiger partial charge in [0.2, 0.25) is 0 Å². The minimum Gasteiger partial charge on any atom is -0.372 e. The zero-order valence-corrected chi connectivity index (χ0v) is 8.22. The molecule has 0 aromatic heterocycles. The molecule has 0 spiro atoms. The topological polar surface area (TPSA) is 21.3 Å². The van der Waals surface area contributed by atoms with E-state index in [2.05, 4.69) is 5.32 Å². The van der Waals surface area contributed by atoms with Gasteiger partial charge in [0.25, 0.3) is 0 Å². The van der Waals surface area contributed by atoms with Crippen LogP contribution in [-0.4, -0.2) is 20.2 Å². The molecule has 1 heterocycles. The summed E-state index contributed by atoms with van der Waals surface area (Å²) in [5.74, 6) is -0.158. The first-order chi connectivity index (χ1) is 6.81. The monoisotopic (exact) mass is 195 g/mol. The summed E-state index contributed by atoms with van der Waals surface area (Å²) in [6.07, 6.45) is 0.886. The first kappa shape index (κ1) is 9.62. The molecule has 1 aromatic carbocycles. The van der Waals surface area contributed by atoms with Crippen molar-refractivity contribution in [3.05, 3.63) is 35.1 Å². The fraction of sp³-hybridized carbons (Fsp3) is 0.455. The van der Waals surface area contributed by atoms with Crippen LogP contribution in [0.3, 0.4) is 0 Å². The Morgan fingerprint density at radius 3 is 3.21 bits per heavy atom. The Morgan fingerprint density at radius 1 is 1.57 bits per heavy atom. The summed E-state index contributed by atoms with van der Waals surface area (Å²) < 4.78 is 18.6. The fourth-order valence-corrected chi connectivity index (χ4v) is 1.86. The van der Waals surface area contributed by atoms with Crippen molar-refractivity contribution in [3.63, 3.8) is 0 Å². The number of fused-ring (bicyclic) bond motifs is 1. The maximum Gasteiger partial charge on any atom is 0.123 e. The summed E-state index contributed by atoms with van der Waals surface area (Å²) in [6, 6.07) is 4.93. The molecule has 0 unspecified atom stereocenters. The van der Waals surface area contributed by atoms with Crippen molar-refractivity contribution in [2.45, 2.75) is 12.5 Å². The van der Waals surface area contributed by atoms with E-state index in [-0.39, 0.29) is 11.9 Å². The molecular weight excluding hydrogens is 181 g/mol. The van der Waals surface area contributed by atoms with Gasteiger partial charge in [0.1, 0.15) is 5.82 Å². The Morgan fingerprint density at radius 2 is 2.43 bits per heavy atom. The van der Waals surface area contributed by atoms with Crippen LogP contribution in [0.1, 0.15) is 17.2 Å². The van der Waals surface area contributed by atoms with Crippen LogP contribution in [0.4, 0.5) is 4.39 Å². The van der Waals surface area contributed by atoms with Gasteiger partial charge in [-0.2, -0.15) is 0 Å². The summed E-state index contributed by atoms with van der Waals surface area (Å²) in [5, 5.41) is 3.07. The Kier molecular flexibility index (Phi) is 2.79. The van der Waals surface area contributed by atoms with Crippen molar-refractivity contribution in [2.24, 2.45) is 0 Å². The average Bonchev–Trinajstić information content (AvgIpc) is 2.18. The summed E-state index contributed by atoms with van der Waals surface area (Å²) >= 11 is 0. The normalized spacial score (nSPS) is 20.6. The van der Waals surface area contributed by atoms with E-state index in [4.69, 9.17) is 4.74 Å². The lowest BCUT2D eigenvalue weighted by Crippen LogP contribution is -2.25. The average molecular weight is 195 g/mol. The van der Waals surface area contributed by atoms with Crippen molar-refractivity contribution in [2.75, 3.05) is 20.2 Å². The number of halogens is 1. The standard InChI is InChI=1S/C11H14FNO/c1-13-7-11-10-3-2-9(12)6-8(10)4-5-14-11/h2-3,6,11,13H,4-5,7H2,1H3/t11-/m1/s1. The minimum absolute atomic E-state index is 0.0735. The lowest BCUT2D eigenvalue weighted by molar-refractivity contribution is 0.0437. The third-order valence-corrected chi connectivity index (χ3v) is 2.53. The Balaban J connectivity index is 2.30. The number of ether oxygens (including phenoxy) is 1. The molecule has 1 aromatic rings. The van der Waals surface area contributed by atoms with Crippen LogP contribution in [0.5, 0.6) is 0 Å². The molecule has 76 valence electrons. The molecule has 0 bridgehead atoms. The van der Waals surface area contributed by atoms with Gasteiger partial charge in [-0.15, -0.1) is 0 Å². The molecule has 0 amide bonds. The van der Waals surface area contributed by atoms with Gasteiger partial charge in [-0.3, -0.25) is 0 Å². The number of nitrogens with one attached hydrogen (secondary N) is 1. The molecular formula is C11H14FNO. The van der Waals surface area contributed by atoms with Gasteiger partial charge >= 0.3 is 0 Å². The zero-order chi connectivity index (χ0) is 9.97. The maximum atomic E-state index is 13.0. The van der Waals surface area contributed by atoms with Crippen molar-refractivity contribution in [1.29, 1.82) is 0 Å². The number of rotatable bonds is 2. The van der Waals surface area contributed by atoms with E-state index in [1.54, 1.807) is 6.07 Å². The molecule has 0 saturated carbocycles. The number of benzene rings is 1. The third kappa shape index (κ3) is 1.79. The molecule has 14 heavy (non-hydrogen) atoms. The summed E-state index contributed by atoms with van der Waals surface area (Å²) in [5.41, 5.74) is 2.20. The first-order valence-electron chi connectivity index (χ1n) is 4.86. The minimum atomic E-state index is -0.158. The van der Waals surface area contributed by atoms with Crippen LogP contribution in [0.2, 0.25) is 0 Å². The van der Waals surface area contributed by atoms with Crippen molar-refractivity contribution < 1.29 is 9.13 Å². The highest BCUT2D eigenvalue weighted by atomic mass is 19.1. The number of hydrogen-bond donors (Lipinski definition) is 1. The second-order valence-corrected chi connectivity index (χ2v) is 3.51. The molecule has 0 aliphatic carbocycles. The molecule has 2 nitrogen and oxygen atoms in total. The zero-order valence-electron chi connectivity index (χ0n) is 8.22. The summed E-state index contributed by atoms with van der Waals surface area (Å²) in [6.45, 7) is 1.46. The van der Waals surface area contributed by atoms with Crippen LogP contribution in [-0.2, 0) is 11.2 Å². The van der Waals surface area contributed by atoms with Gasteiger partial charge in [-0.05, 0) is 36.7 Å². The van der Waals surface area contributed by atoms with E-state index >= 15 is 0 Å². The number of likely N-dealkylation sites (N-methyl/N-ethyl adjacent to an activating group) is 1. The predicted octanol–water partition coefficient (Wildman–Crippen LogP) is 1.66. The molecule has 1 aliphatic rings. The molecule has 1 N–H and O–H groups in total. The molecule has 2 rings (SSSR count). The van der Waals surface area contributed by atoms with E-state index in [0.717, 1.165) is 24.1 Å². The highest BCUT2D eigenvalue weighted by Crippen LogP contribution is 2.26. The van der Waals surface area contributed by atoms with Crippen LogP contribution in [0.15, 0.2) is 18.2 Å². The molecule has 0 saturated heterocycles. The van der Waals surface area contributed by atoms with Crippen LogP contribution in [0.25, 0.3) is 0 Å². The molecule has 0 fully saturated rings. The van der Waals surface area contributed by atoms with Gasteiger partial charge in [0.05, 0.1) is 12.7 Å². The van der Waals surface area contributed by atoms with E-state index in [1.807, 2.05) is 13.1 Å². The predicted molar refractivity (Wildman–Crippen MR) is 52.7 cm³/mol. The summed E-state index contributed by atoms with van der Waals surface area (Å²) in [4.78, 5) is 0. The van der Waals surface area contributed by atoms with Crippen molar-refractivity contribution in [3.8, 4) is 0 Å². The highest BCUT2D eigenvalue weighted by Gasteiger charge is 2.20. The van der Waals surface area contributed by atoms with E-state index in [0.29, 0.717) is 6.61 Å². The second kappa shape index (κ2) is 4.07. The molecule has 3 heteroatoms.